The van der Waals surface area contributed by atoms with E-state index in [2.05, 4.69) is 5.32 Å². The molecule has 3 rings (SSSR count). The van der Waals surface area contributed by atoms with Crippen LogP contribution in [0.25, 0.3) is 0 Å². The highest BCUT2D eigenvalue weighted by molar-refractivity contribution is 6.28. The molecule has 23 heavy (non-hydrogen) atoms. The summed E-state index contributed by atoms with van der Waals surface area (Å²) in [6.45, 7) is 5.43. The van der Waals surface area contributed by atoms with Crippen LogP contribution in [0.1, 0.15) is 52.6 Å². The Hall–Kier alpha value is -2.75. The lowest BCUT2D eigenvalue weighted by atomic mass is 9.84. The SMILES string of the molecule is CC(C)(C)C(=O)Nc1ccc2c(c1)C(=O)c1ccccc1C2=O. The van der Waals surface area contributed by atoms with Gasteiger partial charge in [0, 0.05) is 33.4 Å². The maximum Gasteiger partial charge on any atom is 0.229 e. The van der Waals surface area contributed by atoms with E-state index in [0.717, 1.165) is 0 Å². The lowest BCUT2D eigenvalue weighted by molar-refractivity contribution is -0.123. The fourth-order valence-electron chi connectivity index (χ4n) is 2.50. The summed E-state index contributed by atoms with van der Waals surface area (Å²) in [7, 11) is 0. The molecule has 0 atom stereocenters. The number of rotatable bonds is 1. The smallest absolute Gasteiger partial charge is 0.229 e. The summed E-state index contributed by atoms with van der Waals surface area (Å²) in [5.74, 6) is -0.501. The minimum absolute atomic E-state index is 0.146. The molecule has 0 heterocycles. The molecular formula is C19H17NO3. The molecule has 4 heteroatoms. The van der Waals surface area contributed by atoms with Gasteiger partial charge in [-0.1, -0.05) is 45.0 Å². The van der Waals surface area contributed by atoms with Crippen LogP contribution in [0, 0.1) is 5.41 Å². The summed E-state index contributed by atoms with van der Waals surface area (Å²) < 4.78 is 0. The van der Waals surface area contributed by atoms with Gasteiger partial charge in [-0.2, -0.15) is 0 Å². The van der Waals surface area contributed by atoms with Crippen molar-refractivity contribution in [1.29, 1.82) is 0 Å². The van der Waals surface area contributed by atoms with E-state index in [9.17, 15) is 14.4 Å². The number of benzene rings is 2. The van der Waals surface area contributed by atoms with Crippen molar-refractivity contribution >= 4 is 23.2 Å². The van der Waals surface area contributed by atoms with Gasteiger partial charge in [0.15, 0.2) is 11.6 Å². The number of amides is 1. The van der Waals surface area contributed by atoms with Crippen molar-refractivity contribution in [2.45, 2.75) is 20.8 Å². The predicted molar refractivity (Wildman–Crippen MR) is 87.8 cm³/mol. The van der Waals surface area contributed by atoms with E-state index in [0.29, 0.717) is 27.9 Å². The zero-order chi connectivity index (χ0) is 16.8. The first kappa shape index (κ1) is 15.2. The molecule has 2 aromatic rings. The first-order chi connectivity index (χ1) is 10.8. The highest BCUT2D eigenvalue weighted by atomic mass is 16.2. The summed E-state index contributed by atoms with van der Waals surface area (Å²) in [4.78, 5) is 37.2. The second-order valence-electron chi connectivity index (χ2n) is 6.67. The fourth-order valence-corrected chi connectivity index (χ4v) is 2.50. The summed E-state index contributed by atoms with van der Waals surface area (Å²) in [6, 6.07) is 11.6. The maximum atomic E-state index is 12.6. The van der Waals surface area contributed by atoms with Gasteiger partial charge in [-0.3, -0.25) is 14.4 Å². The van der Waals surface area contributed by atoms with Gasteiger partial charge in [0.1, 0.15) is 0 Å². The fraction of sp³-hybridized carbons (Fsp3) is 0.211. The Balaban J connectivity index is 2.02. The van der Waals surface area contributed by atoms with Crippen LogP contribution < -0.4 is 5.32 Å². The van der Waals surface area contributed by atoms with Gasteiger partial charge < -0.3 is 5.32 Å². The predicted octanol–water partition coefficient (Wildman–Crippen LogP) is 3.45. The molecule has 1 N–H and O–H groups in total. The number of ketones is 2. The van der Waals surface area contributed by atoms with Gasteiger partial charge in [0.2, 0.25) is 5.91 Å². The van der Waals surface area contributed by atoms with Gasteiger partial charge in [0.25, 0.3) is 0 Å². The molecule has 0 saturated heterocycles. The molecule has 1 aliphatic rings. The molecule has 0 radical (unpaired) electrons. The molecule has 116 valence electrons. The molecule has 0 unspecified atom stereocenters. The van der Waals surface area contributed by atoms with Crippen molar-refractivity contribution in [3.05, 3.63) is 64.7 Å². The second-order valence-corrected chi connectivity index (χ2v) is 6.67. The van der Waals surface area contributed by atoms with Crippen molar-refractivity contribution in [2.75, 3.05) is 5.32 Å². The Bertz CT molecular complexity index is 844. The third-order valence-corrected chi connectivity index (χ3v) is 3.86. The average molecular weight is 307 g/mol. The van der Waals surface area contributed by atoms with Crippen molar-refractivity contribution in [2.24, 2.45) is 5.41 Å². The minimum atomic E-state index is -0.539. The largest absolute Gasteiger partial charge is 0.326 e. The van der Waals surface area contributed by atoms with Crippen LogP contribution in [-0.4, -0.2) is 17.5 Å². The summed E-state index contributed by atoms with van der Waals surface area (Å²) in [5.41, 5.74) is 1.52. The number of carbonyl (C=O) groups is 3. The summed E-state index contributed by atoms with van der Waals surface area (Å²) in [5, 5.41) is 2.79. The molecule has 1 amide bonds. The zero-order valence-corrected chi connectivity index (χ0v) is 13.3. The Morgan fingerprint density at radius 3 is 1.91 bits per heavy atom. The Morgan fingerprint density at radius 2 is 1.35 bits per heavy atom. The standard InChI is InChI=1S/C19H17NO3/c1-19(2,3)18(23)20-11-8-9-14-15(10-11)17(22)13-7-5-4-6-12(13)16(14)21/h4-10H,1-3H3,(H,20,23). The van der Waals surface area contributed by atoms with E-state index in [1.807, 2.05) is 20.8 Å². The molecule has 0 bridgehead atoms. The van der Waals surface area contributed by atoms with Crippen LogP contribution in [0.3, 0.4) is 0 Å². The maximum absolute atomic E-state index is 12.6. The van der Waals surface area contributed by atoms with Crippen molar-refractivity contribution in [3.8, 4) is 0 Å². The average Bonchev–Trinajstić information content (AvgIpc) is 2.51. The molecular weight excluding hydrogens is 290 g/mol. The summed E-state index contributed by atoms with van der Waals surface area (Å²) >= 11 is 0. The van der Waals surface area contributed by atoms with Gasteiger partial charge in [0.05, 0.1) is 0 Å². The number of hydrogen-bond donors (Lipinski definition) is 1. The number of anilines is 1. The van der Waals surface area contributed by atoms with E-state index in [1.54, 1.807) is 42.5 Å². The van der Waals surface area contributed by atoms with Gasteiger partial charge in [-0.15, -0.1) is 0 Å². The Labute approximate surface area is 134 Å². The molecule has 0 aromatic heterocycles. The number of carbonyl (C=O) groups excluding carboxylic acids is 3. The van der Waals surface area contributed by atoms with Crippen molar-refractivity contribution in [1.82, 2.24) is 0 Å². The first-order valence-electron chi connectivity index (χ1n) is 7.43. The van der Waals surface area contributed by atoms with E-state index in [1.165, 1.54) is 0 Å². The van der Waals surface area contributed by atoms with E-state index >= 15 is 0 Å². The monoisotopic (exact) mass is 307 g/mol. The molecule has 0 aliphatic heterocycles. The Morgan fingerprint density at radius 1 is 0.826 bits per heavy atom. The van der Waals surface area contributed by atoms with Gasteiger partial charge in [-0.25, -0.2) is 0 Å². The second kappa shape index (κ2) is 5.16. The molecule has 0 spiro atoms. The highest BCUT2D eigenvalue weighted by Gasteiger charge is 2.30. The third kappa shape index (κ3) is 2.57. The Kier molecular flexibility index (Phi) is 3.40. The van der Waals surface area contributed by atoms with Crippen LogP contribution in [0.15, 0.2) is 42.5 Å². The summed E-state index contributed by atoms with van der Waals surface area (Å²) in [6.07, 6.45) is 0. The molecule has 2 aromatic carbocycles. The van der Waals surface area contributed by atoms with Crippen LogP contribution in [-0.2, 0) is 4.79 Å². The van der Waals surface area contributed by atoms with E-state index < -0.39 is 5.41 Å². The molecule has 0 fully saturated rings. The number of fused-ring (bicyclic) bond motifs is 2. The van der Waals surface area contributed by atoms with Crippen LogP contribution >= 0.6 is 0 Å². The van der Waals surface area contributed by atoms with Crippen LogP contribution in [0.5, 0.6) is 0 Å². The quantitative estimate of drug-likeness (QED) is 0.749. The van der Waals surface area contributed by atoms with Crippen LogP contribution in [0.4, 0.5) is 5.69 Å². The van der Waals surface area contributed by atoms with E-state index in [4.69, 9.17) is 0 Å². The molecule has 4 nitrogen and oxygen atoms in total. The topological polar surface area (TPSA) is 63.2 Å². The highest BCUT2D eigenvalue weighted by Crippen LogP contribution is 2.29. The number of nitrogens with one attached hydrogen (secondary N) is 1. The lowest BCUT2D eigenvalue weighted by Gasteiger charge is -2.20. The zero-order valence-electron chi connectivity index (χ0n) is 13.3. The number of hydrogen-bond acceptors (Lipinski definition) is 3. The van der Waals surface area contributed by atoms with Crippen molar-refractivity contribution in [3.63, 3.8) is 0 Å². The van der Waals surface area contributed by atoms with E-state index in [-0.39, 0.29) is 17.5 Å². The molecule has 0 saturated carbocycles. The van der Waals surface area contributed by atoms with Crippen LogP contribution in [0.2, 0.25) is 0 Å². The lowest BCUT2D eigenvalue weighted by Crippen LogP contribution is -2.28. The third-order valence-electron chi connectivity index (χ3n) is 3.86. The van der Waals surface area contributed by atoms with Crippen molar-refractivity contribution < 1.29 is 14.4 Å². The first-order valence-corrected chi connectivity index (χ1v) is 7.43. The van der Waals surface area contributed by atoms with Gasteiger partial charge in [-0.05, 0) is 18.2 Å². The molecule has 1 aliphatic carbocycles. The van der Waals surface area contributed by atoms with Gasteiger partial charge >= 0.3 is 0 Å². The minimum Gasteiger partial charge on any atom is -0.326 e. The normalized spacial score (nSPS) is 13.3.